The molecule has 0 aliphatic rings. The van der Waals surface area contributed by atoms with Crippen LogP contribution in [0.15, 0.2) is 27.6 Å². The Hall–Kier alpha value is -1.89. The second-order valence-electron chi connectivity index (χ2n) is 5.36. The van der Waals surface area contributed by atoms with Gasteiger partial charge in [-0.25, -0.2) is 0 Å². The van der Waals surface area contributed by atoms with Crippen LogP contribution in [0.1, 0.15) is 31.7 Å². The lowest BCUT2D eigenvalue weighted by atomic mass is 9.86. The summed E-state index contributed by atoms with van der Waals surface area (Å²) >= 11 is 3.30. The molecule has 0 aromatic carbocycles. The minimum Gasteiger partial charge on any atom is -0.493 e. The number of fused-ring (bicyclic) bond motifs is 1. The van der Waals surface area contributed by atoms with Crippen LogP contribution in [0.3, 0.4) is 0 Å². The summed E-state index contributed by atoms with van der Waals surface area (Å²) in [5.74, 6) is -1.28. The first kappa shape index (κ1) is 16.5. The Balaban J connectivity index is 2.66. The van der Waals surface area contributed by atoms with E-state index in [4.69, 9.17) is 0 Å². The van der Waals surface area contributed by atoms with Crippen molar-refractivity contribution in [2.45, 2.75) is 26.2 Å². The summed E-state index contributed by atoms with van der Waals surface area (Å²) < 4.78 is 6.75. The van der Waals surface area contributed by atoms with E-state index in [1.165, 1.54) is 11.5 Å². The van der Waals surface area contributed by atoms with Gasteiger partial charge in [-0.3, -0.25) is 14.0 Å². The quantitative estimate of drug-likeness (QED) is 0.838. The van der Waals surface area contributed by atoms with Crippen LogP contribution >= 0.6 is 15.9 Å². The van der Waals surface area contributed by atoms with Crippen LogP contribution in [0.4, 0.5) is 0 Å². The molecule has 6 nitrogen and oxygen atoms in total. The van der Waals surface area contributed by atoms with Crippen molar-refractivity contribution in [3.63, 3.8) is 0 Å². The normalized spacial score (nSPS) is 12.6. The summed E-state index contributed by atoms with van der Waals surface area (Å²) in [6, 6.07) is 3.36. The second-order valence-corrected chi connectivity index (χ2v) is 6.28. The van der Waals surface area contributed by atoms with Gasteiger partial charge in [0.2, 0.25) is 5.88 Å². The predicted molar refractivity (Wildman–Crippen MR) is 85.0 cm³/mol. The molecule has 0 radical (unpaired) electrons. The highest BCUT2D eigenvalue weighted by Gasteiger charge is 2.27. The highest BCUT2D eigenvalue weighted by molar-refractivity contribution is 9.10. The van der Waals surface area contributed by atoms with Crippen molar-refractivity contribution in [1.29, 1.82) is 0 Å². The van der Waals surface area contributed by atoms with Gasteiger partial charge in [-0.05, 0) is 34.0 Å². The van der Waals surface area contributed by atoms with Gasteiger partial charge in [0.05, 0.1) is 19.1 Å². The van der Waals surface area contributed by atoms with Crippen molar-refractivity contribution in [3.05, 3.63) is 38.7 Å². The molecule has 1 atom stereocenters. The zero-order valence-electron chi connectivity index (χ0n) is 12.5. The number of nitrogens with zero attached hydrogens (tertiary/aromatic N) is 2. The van der Waals surface area contributed by atoms with Crippen LogP contribution in [0.2, 0.25) is 0 Å². The van der Waals surface area contributed by atoms with Crippen molar-refractivity contribution in [3.8, 4) is 5.88 Å². The molecule has 2 aromatic rings. The first-order chi connectivity index (χ1) is 10.3. The fourth-order valence-corrected chi connectivity index (χ4v) is 2.71. The molecule has 0 fully saturated rings. The highest BCUT2D eigenvalue weighted by atomic mass is 79.9. The number of esters is 1. The topological polar surface area (TPSA) is 80.9 Å². The largest absolute Gasteiger partial charge is 0.493 e. The molecule has 0 bridgehead atoms. The minimum atomic E-state index is -0.469. The number of hydrogen-bond acceptors (Lipinski definition) is 5. The minimum absolute atomic E-state index is 0.0126. The van der Waals surface area contributed by atoms with E-state index in [2.05, 4.69) is 25.7 Å². The average molecular weight is 369 g/mol. The van der Waals surface area contributed by atoms with Crippen molar-refractivity contribution >= 4 is 27.5 Å². The number of hydrogen-bond donors (Lipinski definition) is 1. The Morgan fingerprint density at radius 2 is 2.14 bits per heavy atom. The summed E-state index contributed by atoms with van der Waals surface area (Å²) in [5.41, 5.74) is 0.0948. The van der Waals surface area contributed by atoms with E-state index in [0.29, 0.717) is 5.65 Å². The van der Waals surface area contributed by atoms with Gasteiger partial charge in [0, 0.05) is 16.6 Å². The molecule has 118 valence electrons. The summed E-state index contributed by atoms with van der Waals surface area (Å²) in [7, 11) is 1.29. The number of aromatic nitrogens is 2. The van der Waals surface area contributed by atoms with Crippen molar-refractivity contribution < 1.29 is 14.6 Å². The van der Waals surface area contributed by atoms with Crippen LogP contribution in [0.5, 0.6) is 5.88 Å². The molecule has 0 aliphatic heterocycles. The highest BCUT2D eigenvalue weighted by Crippen LogP contribution is 2.31. The van der Waals surface area contributed by atoms with Crippen LogP contribution in [-0.4, -0.2) is 27.6 Å². The van der Waals surface area contributed by atoms with Gasteiger partial charge in [-0.15, -0.1) is 0 Å². The Labute approximate surface area is 135 Å². The Morgan fingerprint density at radius 3 is 2.73 bits per heavy atom. The molecule has 2 aromatic heterocycles. The molecule has 0 aliphatic carbocycles. The van der Waals surface area contributed by atoms with Gasteiger partial charge in [0.15, 0.2) is 0 Å². The lowest BCUT2D eigenvalue weighted by molar-refractivity contribution is -0.141. The maximum Gasteiger partial charge on any atom is 0.306 e. The first-order valence-electron chi connectivity index (χ1n) is 6.82. The number of carbonyl (C=O) groups excluding carboxylic acids is 1. The van der Waals surface area contributed by atoms with Gasteiger partial charge >= 0.3 is 5.97 Å². The van der Waals surface area contributed by atoms with Crippen molar-refractivity contribution in [2.24, 2.45) is 5.92 Å². The van der Waals surface area contributed by atoms with Crippen LogP contribution in [-0.2, 0) is 9.53 Å². The fraction of sp³-hybridized carbons (Fsp3) is 0.400. The van der Waals surface area contributed by atoms with Gasteiger partial charge in [0.1, 0.15) is 5.65 Å². The van der Waals surface area contributed by atoms with Gasteiger partial charge in [0.25, 0.3) is 5.56 Å². The Bertz CT molecular complexity index is 770. The smallest absolute Gasteiger partial charge is 0.306 e. The lowest BCUT2D eigenvalue weighted by Gasteiger charge is -2.20. The van der Waals surface area contributed by atoms with E-state index < -0.39 is 11.9 Å². The molecule has 2 rings (SSSR count). The molecule has 0 saturated heterocycles. The number of ether oxygens (including phenoxy) is 1. The Kier molecular flexibility index (Phi) is 4.85. The summed E-state index contributed by atoms with van der Waals surface area (Å²) in [5, 5.41) is 10.2. The zero-order chi connectivity index (χ0) is 16.4. The van der Waals surface area contributed by atoms with Crippen LogP contribution in [0.25, 0.3) is 5.65 Å². The third kappa shape index (κ3) is 3.14. The predicted octanol–water partition coefficient (Wildman–Crippen LogP) is 2.47. The van der Waals surface area contributed by atoms with Gasteiger partial charge < -0.3 is 9.84 Å². The van der Waals surface area contributed by atoms with E-state index >= 15 is 0 Å². The number of aromatic hydroxyl groups is 1. The second kappa shape index (κ2) is 6.48. The van der Waals surface area contributed by atoms with Gasteiger partial charge in [-0.2, -0.15) is 4.98 Å². The van der Waals surface area contributed by atoms with Crippen molar-refractivity contribution in [2.75, 3.05) is 7.11 Å². The molecule has 0 saturated carbocycles. The summed E-state index contributed by atoms with van der Waals surface area (Å²) in [6.45, 7) is 3.75. The molecule has 0 amide bonds. The van der Waals surface area contributed by atoms with Crippen molar-refractivity contribution in [1.82, 2.24) is 9.38 Å². The maximum atomic E-state index is 12.7. The molecular weight excluding hydrogens is 352 g/mol. The average Bonchev–Trinajstić information content (AvgIpc) is 2.46. The van der Waals surface area contributed by atoms with E-state index in [1.807, 2.05) is 13.8 Å². The van der Waals surface area contributed by atoms with E-state index in [1.54, 1.807) is 18.3 Å². The molecular formula is C15H17BrN2O4. The SMILES string of the molecule is COC(=O)C[C@H](c1c(O)nc2ccc(Br)cn2c1=O)C(C)C. The zero-order valence-corrected chi connectivity index (χ0v) is 14.1. The third-order valence-electron chi connectivity index (χ3n) is 3.59. The Morgan fingerprint density at radius 1 is 1.45 bits per heavy atom. The standard InChI is InChI=1S/C15H17BrN2O4/c1-8(2)10(6-12(19)22-3)13-14(20)17-11-5-4-9(16)7-18(11)15(13)21/h4-5,7-8,10,20H,6H2,1-3H3/t10-/m0/s1. The number of carbonyl (C=O) groups is 1. The van der Waals surface area contributed by atoms with Crippen LogP contribution in [0, 0.1) is 5.92 Å². The number of methoxy groups -OCH3 is 1. The van der Waals surface area contributed by atoms with E-state index in [-0.39, 0.29) is 29.3 Å². The molecule has 2 heterocycles. The molecule has 0 spiro atoms. The molecule has 7 heteroatoms. The third-order valence-corrected chi connectivity index (χ3v) is 4.06. The monoisotopic (exact) mass is 368 g/mol. The fourth-order valence-electron chi connectivity index (χ4n) is 2.37. The summed E-state index contributed by atoms with van der Waals surface area (Å²) in [6.07, 6.45) is 1.60. The maximum absolute atomic E-state index is 12.7. The molecule has 0 unspecified atom stereocenters. The van der Waals surface area contributed by atoms with E-state index in [0.717, 1.165) is 4.47 Å². The van der Waals surface area contributed by atoms with E-state index in [9.17, 15) is 14.7 Å². The number of halogens is 1. The summed E-state index contributed by atoms with van der Waals surface area (Å²) in [4.78, 5) is 28.4. The molecule has 1 N–H and O–H groups in total. The van der Waals surface area contributed by atoms with Gasteiger partial charge in [-0.1, -0.05) is 13.8 Å². The number of rotatable bonds is 4. The lowest BCUT2D eigenvalue weighted by Crippen LogP contribution is -2.26. The number of pyridine rings is 1. The van der Waals surface area contributed by atoms with Crippen LogP contribution < -0.4 is 5.56 Å². The molecule has 22 heavy (non-hydrogen) atoms. The first-order valence-corrected chi connectivity index (χ1v) is 7.62.